The van der Waals surface area contributed by atoms with Crippen LogP contribution in [0.5, 0.6) is 17.2 Å². The molecule has 1 rings (SSSR count). The molecule has 0 fully saturated rings. The van der Waals surface area contributed by atoms with Crippen LogP contribution in [0.4, 0.5) is 0 Å². The van der Waals surface area contributed by atoms with Crippen molar-refractivity contribution < 1.29 is 19.3 Å². The predicted octanol–water partition coefficient (Wildman–Crippen LogP) is 1.93. The fourth-order valence-electron chi connectivity index (χ4n) is 1.78. The molecule has 0 radical (unpaired) electrons. The smallest absolute Gasteiger partial charge is 0.200 e. The van der Waals surface area contributed by atoms with Crippen LogP contribution in [0.25, 0.3) is 0 Å². The van der Waals surface area contributed by atoms with Gasteiger partial charge in [0.15, 0.2) is 11.5 Å². The van der Waals surface area contributed by atoms with Gasteiger partial charge in [-0.25, -0.2) is 0 Å². The van der Waals surface area contributed by atoms with E-state index in [4.69, 9.17) is 14.2 Å². The minimum atomic E-state index is 0.0360. The summed E-state index contributed by atoms with van der Waals surface area (Å²) in [6.07, 6.45) is 2.12. The summed E-state index contributed by atoms with van der Waals surface area (Å²) in [5.74, 6) is 0.889. The van der Waals surface area contributed by atoms with Gasteiger partial charge in [0.25, 0.3) is 0 Å². The lowest BCUT2D eigenvalue weighted by Gasteiger charge is -2.11. The number of unbranched alkanes of at least 4 members (excludes halogenated alkanes) is 1. The van der Waals surface area contributed by atoms with Crippen molar-refractivity contribution in [2.75, 3.05) is 34.5 Å². The Labute approximate surface area is 114 Å². The maximum Gasteiger partial charge on any atom is 0.200 e. The summed E-state index contributed by atoms with van der Waals surface area (Å²) < 4.78 is 15.2. The van der Waals surface area contributed by atoms with Gasteiger partial charge in [0.2, 0.25) is 5.75 Å². The largest absolute Gasteiger partial charge is 0.502 e. The molecule has 5 nitrogen and oxygen atoms in total. The minimum Gasteiger partial charge on any atom is -0.502 e. The molecular weight excluding hydrogens is 246 g/mol. The Balaban J connectivity index is 2.49. The Kier molecular flexibility index (Phi) is 7.07. The number of benzene rings is 1. The zero-order valence-corrected chi connectivity index (χ0v) is 11.9. The summed E-state index contributed by atoms with van der Waals surface area (Å²) in [5, 5.41) is 13.1. The Morgan fingerprint density at radius 2 is 1.68 bits per heavy atom. The summed E-state index contributed by atoms with van der Waals surface area (Å²) in [7, 11) is 4.76. The normalized spacial score (nSPS) is 10.5. The van der Waals surface area contributed by atoms with Crippen molar-refractivity contribution in [3.05, 3.63) is 17.7 Å². The van der Waals surface area contributed by atoms with Crippen LogP contribution < -0.4 is 14.8 Å². The van der Waals surface area contributed by atoms with Gasteiger partial charge in [0.05, 0.1) is 14.2 Å². The van der Waals surface area contributed by atoms with Crippen LogP contribution in [0.3, 0.4) is 0 Å². The van der Waals surface area contributed by atoms with Crippen LogP contribution in [0.2, 0.25) is 0 Å². The molecule has 1 aromatic carbocycles. The molecule has 0 amide bonds. The van der Waals surface area contributed by atoms with Crippen molar-refractivity contribution in [2.24, 2.45) is 0 Å². The highest BCUT2D eigenvalue weighted by molar-refractivity contribution is 5.52. The number of ether oxygens (including phenoxy) is 3. The molecule has 0 unspecified atom stereocenters. The average Bonchev–Trinajstić information content (AvgIpc) is 2.44. The highest BCUT2D eigenvalue weighted by Gasteiger charge is 2.10. The van der Waals surface area contributed by atoms with Crippen LogP contribution in [-0.4, -0.2) is 39.6 Å². The number of methoxy groups -OCH3 is 3. The van der Waals surface area contributed by atoms with E-state index in [-0.39, 0.29) is 5.75 Å². The van der Waals surface area contributed by atoms with Crippen LogP contribution >= 0.6 is 0 Å². The molecule has 0 saturated carbocycles. The lowest BCUT2D eigenvalue weighted by Crippen LogP contribution is -2.15. The first kappa shape index (κ1) is 15.6. The minimum absolute atomic E-state index is 0.0360. The molecule has 0 aromatic heterocycles. The Bertz CT molecular complexity index is 357. The fourth-order valence-corrected chi connectivity index (χ4v) is 1.78. The monoisotopic (exact) mass is 269 g/mol. The summed E-state index contributed by atoms with van der Waals surface area (Å²) in [6.45, 7) is 2.43. The second kappa shape index (κ2) is 8.61. The lowest BCUT2D eigenvalue weighted by atomic mass is 10.1. The van der Waals surface area contributed by atoms with E-state index < -0.39 is 0 Å². The van der Waals surface area contributed by atoms with Crippen LogP contribution in [0.15, 0.2) is 12.1 Å². The van der Waals surface area contributed by atoms with Gasteiger partial charge < -0.3 is 24.6 Å². The first-order valence-electron chi connectivity index (χ1n) is 6.36. The van der Waals surface area contributed by atoms with Crippen molar-refractivity contribution in [1.29, 1.82) is 0 Å². The van der Waals surface area contributed by atoms with Gasteiger partial charge >= 0.3 is 0 Å². The molecule has 2 N–H and O–H groups in total. The Hall–Kier alpha value is -1.46. The first-order chi connectivity index (χ1) is 9.22. The van der Waals surface area contributed by atoms with E-state index in [2.05, 4.69) is 5.32 Å². The van der Waals surface area contributed by atoms with Crippen molar-refractivity contribution in [3.63, 3.8) is 0 Å². The fraction of sp³-hybridized carbons (Fsp3) is 0.571. The van der Waals surface area contributed by atoms with E-state index in [0.717, 1.165) is 31.6 Å². The van der Waals surface area contributed by atoms with Gasteiger partial charge in [-0.15, -0.1) is 0 Å². The van der Waals surface area contributed by atoms with Crippen molar-refractivity contribution in [2.45, 2.75) is 19.4 Å². The molecule has 0 aliphatic heterocycles. The molecule has 0 bridgehead atoms. The number of phenols is 1. The van der Waals surface area contributed by atoms with E-state index in [1.165, 1.54) is 14.2 Å². The summed E-state index contributed by atoms with van der Waals surface area (Å²) >= 11 is 0. The van der Waals surface area contributed by atoms with Crippen molar-refractivity contribution in [1.82, 2.24) is 5.32 Å². The van der Waals surface area contributed by atoms with E-state index in [1.54, 1.807) is 19.2 Å². The van der Waals surface area contributed by atoms with Gasteiger partial charge in [-0.3, -0.25) is 0 Å². The molecule has 0 atom stereocenters. The molecule has 0 spiro atoms. The number of phenolic OH excluding ortho intramolecular Hbond substituents is 1. The standard InChI is InChI=1S/C14H23NO4/c1-17-7-5-4-6-15-10-11-8-12(18-2)14(16)13(9-11)19-3/h8-9,15-16H,4-7,10H2,1-3H3. The molecule has 1 aromatic rings. The van der Waals surface area contributed by atoms with Crippen LogP contribution in [0.1, 0.15) is 18.4 Å². The first-order valence-corrected chi connectivity index (χ1v) is 6.36. The summed E-state index contributed by atoms with van der Waals surface area (Å²) in [4.78, 5) is 0. The summed E-state index contributed by atoms with van der Waals surface area (Å²) in [6, 6.07) is 3.61. The van der Waals surface area contributed by atoms with Crippen LogP contribution in [0, 0.1) is 0 Å². The third-order valence-corrected chi connectivity index (χ3v) is 2.82. The van der Waals surface area contributed by atoms with E-state index in [9.17, 15) is 5.11 Å². The molecule has 108 valence electrons. The third-order valence-electron chi connectivity index (χ3n) is 2.82. The lowest BCUT2D eigenvalue weighted by molar-refractivity contribution is 0.192. The number of aromatic hydroxyl groups is 1. The Morgan fingerprint density at radius 1 is 1.05 bits per heavy atom. The highest BCUT2D eigenvalue weighted by atomic mass is 16.5. The molecule has 0 saturated heterocycles. The van der Waals surface area contributed by atoms with E-state index >= 15 is 0 Å². The average molecular weight is 269 g/mol. The third kappa shape index (κ3) is 4.96. The van der Waals surface area contributed by atoms with Gasteiger partial charge in [-0.2, -0.15) is 0 Å². The topological polar surface area (TPSA) is 60.0 Å². The van der Waals surface area contributed by atoms with Gasteiger partial charge in [0, 0.05) is 20.3 Å². The molecule has 0 aliphatic rings. The number of hydrogen-bond donors (Lipinski definition) is 2. The van der Waals surface area contributed by atoms with E-state index in [1.807, 2.05) is 0 Å². The second-order valence-corrected chi connectivity index (χ2v) is 4.23. The molecule has 5 heteroatoms. The van der Waals surface area contributed by atoms with Gasteiger partial charge in [-0.05, 0) is 37.1 Å². The number of rotatable bonds is 9. The van der Waals surface area contributed by atoms with Gasteiger partial charge in [0.1, 0.15) is 0 Å². The number of hydrogen-bond acceptors (Lipinski definition) is 5. The van der Waals surface area contributed by atoms with Gasteiger partial charge in [-0.1, -0.05) is 0 Å². The molecule has 0 heterocycles. The second-order valence-electron chi connectivity index (χ2n) is 4.23. The quantitative estimate of drug-likeness (QED) is 0.671. The van der Waals surface area contributed by atoms with Crippen molar-refractivity contribution in [3.8, 4) is 17.2 Å². The number of nitrogens with one attached hydrogen (secondary N) is 1. The van der Waals surface area contributed by atoms with Crippen LogP contribution in [-0.2, 0) is 11.3 Å². The van der Waals surface area contributed by atoms with Crippen molar-refractivity contribution >= 4 is 0 Å². The maximum atomic E-state index is 9.80. The highest BCUT2D eigenvalue weighted by Crippen LogP contribution is 2.36. The zero-order valence-electron chi connectivity index (χ0n) is 11.9. The SMILES string of the molecule is COCCCCNCc1cc(OC)c(O)c(OC)c1. The van der Waals surface area contributed by atoms with E-state index in [0.29, 0.717) is 18.0 Å². The molecule has 19 heavy (non-hydrogen) atoms. The zero-order chi connectivity index (χ0) is 14.1. The predicted molar refractivity (Wildman–Crippen MR) is 74.0 cm³/mol. The molecule has 0 aliphatic carbocycles. The Morgan fingerprint density at radius 3 is 2.21 bits per heavy atom. The summed E-state index contributed by atoms with van der Waals surface area (Å²) in [5.41, 5.74) is 1.01. The molecular formula is C14H23NO4. The maximum absolute atomic E-state index is 9.80.